The molecular weight excluding hydrogens is 326 g/mol. The fourth-order valence-electron chi connectivity index (χ4n) is 2.36. The molecule has 0 heterocycles. The molecular formula is C17H29N3O3S. The molecule has 0 bridgehead atoms. The maximum absolute atomic E-state index is 12.3. The largest absolute Gasteiger partial charge is 0.341 e. The first-order valence-electron chi connectivity index (χ1n) is 8.08. The fourth-order valence-corrected chi connectivity index (χ4v) is 3.25. The van der Waals surface area contributed by atoms with Crippen LogP contribution in [0.1, 0.15) is 18.4 Å². The SMILES string of the molecule is CN(C)CCCN(CCC(=O)N(C)Cc1ccccc1)S(C)(=O)=O. The van der Waals surface area contributed by atoms with Gasteiger partial charge in [-0.25, -0.2) is 12.7 Å². The molecule has 0 unspecified atom stereocenters. The Morgan fingerprint density at radius 3 is 2.17 bits per heavy atom. The van der Waals surface area contributed by atoms with Crippen molar-refractivity contribution in [2.45, 2.75) is 19.4 Å². The summed E-state index contributed by atoms with van der Waals surface area (Å²) in [6.07, 6.45) is 2.13. The van der Waals surface area contributed by atoms with E-state index in [2.05, 4.69) is 0 Å². The van der Waals surface area contributed by atoms with Gasteiger partial charge in [-0.2, -0.15) is 0 Å². The summed E-state index contributed by atoms with van der Waals surface area (Å²) in [4.78, 5) is 15.9. The van der Waals surface area contributed by atoms with E-state index in [1.807, 2.05) is 49.3 Å². The van der Waals surface area contributed by atoms with Gasteiger partial charge in [0.25, 0.3) is 0 Å². The normalized spacial score (nSPS) is 11.9. The molecule has 0 spiro atoms. The van der Waals surface area contributed by atoms with Crippen LogP contribution in [0, 0.1) is 0 Å². The quantitative estimate of drug-likeness (QED) is 0.634. The molecule has 0 aliphatic heterocycles. The molecule has 0 fully saturated rings. The van der Waals surface area contributed by atoms with Gasteiger partial charge >= 0.3 is 0 Å². The summed E-state index contributed by atoms with van der Waals surface area (Å²) in [5.41, 5.74) is 1.05. The van der Waals surface area contributed by atoms with E-state index in [4.69, 9.17) is 0 Å². The highest BCUT2D eigenvalue weighted by Crippen LogP contribution is 2.07. The number of rotatable bonds is 10. The third kappa shape index (κ3) is 7.90. The van der Waals surface area contributed by atoms with Crippen LogP contribution < -0.4 is 0 Å². The second-order valence-electron chi connectivity index (χ2n) is 6.30. The van der Waals surface area contributed by atoms with Crippen molar-refractivity contribution in [3.63, 3.8) is 0 Å². The van der Waals surface area contributed by atoms with Crippen molar-refractivity contribution in [3.05, 3.63) is 35.9 Å². The molecule has 0 aliphatic carbocycles. The zero-order chi connectivity index (χ0) is 18.2. The highest BCUT2D eigenvalue weighted by Gasteiger charge is 2.19. The van der Waals surface area contributed by atoms with Crippen molar-refractivity contribution in [1.82, 2.24) is 14.1 Å². The Morgan fingerprint density at radius 1 is 1.00 bits per heavy atom. The summed E-state index contributed by atoms with van der Waals surface area (Å²) in [6, 6.07) is 9.73. The van der Waals surface area contributed by atoms with Crippen molar-refractivity contribution >= 4 is 15.9 Å². The molecule has 24 heavy (non-hydrogen) atoms. The summed E-state index contributed by atoms with van der Waals surface area (Å²) in [5.74, 6) is -0.0555. The predicted molar refractivity (Wildman–Crippen MR) is 97.1 cm³/mol. The van der Waals surface area contributed by atoms with E-state index in [0.29, 0.717) is 13.1 Å². The highest BCUT2D eigenvalue weighted by molar-refractivity contribution is 7.88. The number of sulfonamides is 1. The molecule has 6 nitrogen and oxygen atoms in total. The van der Waals surface area contributed by atoms with Crippen molar-refractivity contribution in [3.8, 4) is 0 Å². The molecule has 136 valence electrons. The van der Waals surface area contributed by atoms with Crippen LogP contribution >= 0.6 is 0 Å². The fraction of sp³-hybridized carbons (Fsp3) is 0.588. The lowest BCUT2D eigenvalue weighted by atomic mass is 10.2. The molecule has 1 amide bonds. The summed E-state index contributed by atoms with van der Waals surface area (Å²) < 4.78 is 25.1. The van der Waals surface area contributed by atoms with E-state index in [1.165, 1.54) is 10.6 Å². The Balaban J connectivity index is 2.51. The first kappa shape index (κ1) is 20.6. The van der Waals surface area contributed by atoms with Crippen molar-refractivity contribution in [1.29, 1.82) is 0 Å². The first-order valence-corrected chi connectivity index (χ1v) is 9.92. The summed E-state index contributed by atoms with van der Waals surface area (Å²) in [5, 5.41) is 0. The summed E-state index contributed by atoms with van der Waals surface area (Å²) in [6.45, 7) is 2.00. The number of nitrogens with zero attached hydrogens (tertiary/aromatic N) is 3. The van der Waals surface area contributed by atoms with Gasteiger partial charge in [0.1, 0.15) is 0 Å². The molecule has 1 aromatic carbocycles. The minimum Gasteiger partial charge on any atom is -0.341 e. The Bertz CT molecular complexity index is 603. The Morgan fingerprint density at radius 2 is 1.62 bits per heavy atom. The van der Waals surface area contributed by atoms with Crippen LogP contribution in [0.2, 0.25) is 0 Å². The predicted octanol–water partition coefficient (Wildman–Crippen LogP) is 1.25. The standard InChI is InChI=1S/C17H29N3O3S/c1-18(2)12-8-13-20(24(4,22)23)14-11-17(21)19(3)15-16-9-6-5-7-10-16/h5-7,9-10H,8,11-15H2,1-4H3. The molecule has 7 heteroatoms. The van der Waals surface area contributed by atoms with Crippen LogP contribution in [0.3, 0.4) is 0 Å². The number of carbonyl (C=O) groups excluding carboxylic acids is 1. The van der Waals surface area contributed by atoms with Crippen LogP contribution in [0.4, 0.5) is 0 Å². The Hall–Kier alpha value is -1.44. The molecule has 0 aliphatic rings. The number of amides is 1. The smallest absolute Gasteiger partial charge is 0.223 e. The Labute approximate surface area is 146 Å². The van der Waals surface area contributed by atoms with E-state index in [-0.39, 0.29) is 18.9 Å². The van der Waals surface area contributed by atoms with E-state index < -0.39 is 10.0 Å². The first-order chi connectivity index (χ1) is 11.2. The third-order valence-electron chi connectivity index (χ3n) is 3.75. The number of benzene rings is 1. The zero-order valence-electron chi connectivity index (χ0n) is 15.1. The lowest BCUT2D eigenvalue weighted by molar-refractivity contribution is -0.130. The lowest BCUT2D eigenvalue weighted by Gasteiger charge is -2.23. The maximum Gasteiger partial charge on any atom is 0.223 e. The minimum absolute atomic E-state index is 0.0555. The van der Waals surface area contributed by atoms with Crippen LogP contribution in [0.15, 0.2) is 30.3 Å². The van der Waals surface area contributed by atoms with Crippen LogP contribution in [-0.2, 0) is 21.4 Å². The van der Waals surface area contributed by atoms with Crippen molar-refractivity contribution in [2.75, 3.05) is 47.0 Å². The molecule has 0 N–H and O–H groups in total. The lowest BCUT2D eigenvalue weighted by Crippen LogP contribution is -2.36. The van der Waals surface area contributed by atoms with E-state index >= 15 is 0 Å². The molecule has 0 aromatic heterocycles. The highest BCUT2D eigenvalue weighted by atomic mass is 32.2. The number of carbonyl (C=O) groups is 1. The van der Waals surface area contributed by atoms with Crippen LogP contribution in [0.25, 0.3) is 0 Å². The second-order valence-corrected chi connectivity index (χ2v) is 8.29. The van der Waals surface area contributed by atoms with Gasteiger partial charge in [-0.05, 0) is 32.6 Å². The van der Waals surface area contributed by atoms with Gasteiger partial charge in [-0.15, -0.1) is 0 Å². The molecule has 0 saturated heterocycles. The average molecular weight is 356 g/mol. The molecule has 0 atom stereocenters. The van der Waals surface area contributed by atoms with Crippen molar-refractivity contribution in [2.24, 2.45) is 0 Å². The van der Waals surface area contributed by atoms with Gasteiger partial charge in [0, 0.05) is 33.1 Å². The molecule has 1 rings (SSSR count). The average Bonchev–Trinajstić information content (AvgIpc) is 2.49. The molecule has 0 saturated carbocycles. The Kier molecular flexibility index (Phi) is 8.38. The van der Waals surface area contributed by atoms with E-state index in [0.717, 1.165) is 18.5 Å². The third-order valence-corrected chi connectivity index (χ3v) is 5.05. The van der Waals surface area contributed by atoms with E-state index in [1.54, 1.807) is 11.9 Å². The van der Waals surface area contributed by atoms with Gasteiger partial charge in [0.15, 0.2) is 0 Å². The summed E-state index contributed by atoms with van der Waals surface area (Å²) >= 11 is 0. The van der Waals surface area contributed by atoms with Gasteiger partial charge in [-0.1, -0.05) is 30.3 Å². The zero-order valence-corrected chi connectivity index (χ0v) is 15.9. The molecule has 0 radical (unpaired) electrons. The molecule has 1 aromatic rings. The number of hydrogen-bond donors (Lipinski definition) is 0. The van der Waals surface area contributed by atoms with Crippen molar-refractivity contribution < 1.29 is 13.2 Å². The topological polar surface area (TPSA) is 60.9 Å². The van der Waals surface area contributed by atoms with Crippen LogP contribution in [0.5, 0.6) is 0 Å². The van der Waals surface area contributed by atoms with Crippen LogP contribution in [-0.4, -0.2) is 75.5 Å². The monoisotopic (exact) mass is 355 g/mol. The van der Waals surface area contributed by atoms with Gasteiger partial charge in [-0.3, -0.25) is 4.79 Å². The minimum atomic E-state index is -3.30. The second kappa shape index (κ2) is 9.76. The maximum atomic E-state index is 12.3. The van der Waals surface area contributed by atoms with Gasteiger partial charge in [0.05, 0.1) is 6.26 Å². The van der Waals surface area contributed by atoms with Gasteiger partial charge in [0.2, 0.25) is 15.9 Å². The number of hydrogen-bond acceptors (Lipinski definition) is 4. The van der Waals surface area contributed by atoms with Gasteiger partial charge < -0.3 is 9.80 Å². The van der Waals surface area contributed by atoms with E-state index in [9.17, 15) is 13.2 Å². The summed E-state index contributed by atoms with van der Waals surface area (Å²) in [7, 11) is 2.35.